The topological polar surface area (TPSA) is 66.4 Å². The second-order valence-corrected chi connectivity index (χ2v) is 8.78. The van der Waals surface area contributed by atoms with Crippen LogP contribution in [-0.2, 0) is 11.3 Å². The summed E-state index contributed by atoms with van der Waals surface area (Å²) in [7, 11) is 0. The van der Waals surface area contributed by atoms with Crippen LogP contribution in [-0.4, -0.2) is 34.8 Å². The Morgan fingerprint density at radius 1 is 0.943 bits per heavy atom. The highest BCUT2D eigenvalue weighted by molar-refractivity contribution is 7.22. The van der Waals surface area contributed by atoms with Gasteiger partial charge in [0.2, 0.25) is 5.88 Å². The van der Waals surface area contributed by atoms with Crippen molar-refractivity contribution in [2.75, 3.05) is 13.2 Å². The van der Waals surface area contributed by atoms with Crippen LogP contribution in [0.4, 0.5) is 8.78 Å². The molecule has 0 atom stereocenters. The Balaban J connectivity index is 1.36. The number of ether oxygens (including phenoxy) is 3. The summed E-state index contributed by atoms with van der Waals surface area (Å²) in [6, 6.07) is 19.4. The van der Waals surface area contributed by atoms with Gasteiger partial charge in [-0.2, -0.15) is 8.78 Å². The molecule has 0 unspecified atom stereocenters. The average Bonchev–Trinajstić information content (AvgIpc) is 3.28. The van der Waals surface area contributed by atoms with E-state index in [9.17, 15) is 8.78 Å². The fourth-order valence-corrected chi connectivity index (χ4v) is 4.74. The van der Waals surface area contributed by atoms with E-state index in [2.05, 4.69) is 14.7 Å². The van der Waals surface area contributed by atoms with Gasteiger partial charge in [-0.3, -0.25) is 0 Å². The fourth-order valence-electron chi connectivity index (χ4n) is 3.69. The van der Waals surface area contributed by atoms with Crippen molar-refractivity contribution in [3.63, 3.8) is 0 Å². The molecule has 35 heavy (non-hydrogen) atoms. The lowest BCUT2D eigenvalue weighted by Gasteiger charge is -2.08. The summed E-state index contributed by atoms with van der Waals surface area (Å²) in [6.07, 6.45) is 1.20. The third kappa shape index (κ3) is 5.36. The highest BCUT2D eigenvalue weighted by atomic mass is 32.1. The van der Waals surface area contributed by atoms with Crippen molar-refractivity contribution in [3.05, 3.63) is 78.0 Å². The van der Waals surface area contributed by atoms with Crippen LogP contribution >= 0.6 is 11.3 Å². The number of aryl methyl sites for hydroxylation is 1. The van der Waals surface area contributed by atoms with Crippen LogP contribution in [0.3, 0.4) is 0 Å². The number of nitrogens with zero attached hydrogens (tertiary/aromatic N) is 3. The largest absolute Gasteiger partial charge is 0.490 e. The minimum atomic E-state index is -2.96. The first-order chi connectivity index (χ1) is 17.1. The highest BCUT2D eigenvalue weighted by Gasteiger charge is 2.16. The molecule has 0 saturated heterocycles. The summed E-state index contributed by atoms with van der Waals surface area (Å²) in [5.41, 5.74) is 4.62. The van der Waals surface area contributed by atoms with Gasteiger partial charge in [-0.15, -0.1) is 11.3 Å². The maximum Gasteiger partial charge on any atom is 0.388 e. The Morgan fingerprint density at radius 3 is 2.63 bits per heavy atom. The van der Waals surface area contributed by atoms with Gasteiger partial charge in [-0.05, 0) is 42.3 Å². The molecular formula is C26H21F2N3O3S. The highest BCUT2D eigenvalue weighted by Crippen LogP contribution is 2.38. The van der Waals surface area contributed by atoms with Gasteiger partial charge in [0.15, 0.2) is 0 Å². The van der Waals surface area contributed by atoms with Crippen LogP contribution in [0.5, 0.6) is 11.6 Å². The summed E-state index contributed by atoms with van der Waals surface area (Å²) in [6.45, 7) is 0.341. The summed E-state index contributed by atoms with van der Waals surface area (Å²) >= 11 is 1.48. The number of benzene rings is 3. The van der Waals surface area contributed by atoms with E-state index in [1.54, 1.807) is 6.07 Å². The van der Waals surface area contributed by atoms with Crippen LogP contribution in [0.25, 0.3) is 31.8 Å². The van der Waals surface area contributed by atoms with Crippen LogP contribution in [0.1, 0.15) is 11.1 Å². The van der Waals surface area contributed by atoms with Crippen molar-refractivity contribution in [2.45, 2.75) is 20.1 Å². The van der Waals surface area contributed by atoms with Crippen LogP contribution < -0.4 is 9.47 Å². The number of thiazole rings is 1. The van der Waals surface area contributed by atoms with Crippen LogP contribution in [0.2, 0.25) is 0 Å². The van der Waals surface area contributed by atoms with Crippen molar-refractivity contribution >= 4 is 32.6 Å². The molecule has 5 aromatic rings. The predicted octanol–water partition coefficient (Wildman–Crippen LogP) is 6.41. The third-order valence-corrected chi connectivity index (χ3v) is 6.30. The van der Waals surface area contributed by atoms with Gasteiger partial charge in [0, 0.05) is 5.56 Å². The van der Waals surface area contributed by atoms with E-state index in [1.807, 2.05) is 61.5 Å². The van der Waals surface area contributed by atoms with Gasteiger partial charge in [0.1, 0.15) is 17.4 Å². The summed E-state index contributed by atoms with van der Waals surface area (Å²) in [5, 5.41) is 0.738. The second kappa shape index (κ2) is 10.3. The number of aromatic nitrogens is 3. The molecule has 9 heteroatoms. The zero-order chi connectivity index (χ0) is 24.2. The average molecular weight is 494 g/mol. The number of alkyl halides is 2. The van der Waals surface area contributed by atoms with E-state index < -0.39 is 6.61 Å². The van der Waals surface area contributed by atoms with Gasteiger partial charge in [0.05, 0.1) is 40.7 Å². The Morgan fingerprint density at radius 2 is 1.80 bits per heavy atom. The molecule has 0 fully saturated rings. The molecule has 0 aliphatic carbocycles. The van der Waals surface area contributed by atoms with Gasteiger partial charge >= 0.3 is 6.61 Å². The van der Waals surface area contributed by atoms with Crippen molar-refractivity contribution in [1.29, 1.82) is 0 Å². The standard InChI is InChI=1S/C26H21F2N3O3S/c1-16-12-18(23-20(13-16)30-22(14-29-23)34-26(27)28)25-31-19-8-5-9-21(24(19)35-25)33-11-10-32-15-17-6-3-2-4-7-17/h2-9,12-14,26H,10-11,15H2,1H3. The van der Waals surface area contributed by atoms with Crippen molar-refractivity contribution in [3.8, 4) is 22.2 Å². The van der Waals surface area contributed by atoms with E-state index >= 15 is 0 Å². The predicted molar refractivity (Wildman–Crippen MR) is 131 cm³/mol. The van der Waals surface area contributed by atoms with E-state index in [0.717, 1.165) is 37.7 Å². The SMILES string of the molecule is Cc1cc(-c2nc3cccc(OCCOCc4ccccc4)c3s2)c2ncc(OC(F)F)nc2c1. The van der Waals surface area contributed by atoms with Gasteiger partial charge in [-0.1, -0.05) is 36.4 Å². The minimum Gasteiger partial charge on any atom is -0.490 e. The van der Waals surface area contributed by atoms with Crippen molar-refractivity contribution < 1.29 is 23.0 Å². The monoisotopic (exact) mass is 493 g/mol. The van der Waals surface area contributed by atoms with E-state index in [1.165, 1.54) is 17.5 Å². The maximum absolute atomic E-state index is 12.6. The Hall–Kier alpha value is -3.69. The fraction of sp³-hybridized carbons (Fsp3) is 0.192. The minimum absolute atomic E-state index is 0.224. The number of hydrogen-bond donors (Lipinski definition) is 0. The summed E-state index contributed by atoms with van der Waals surface area (Å²) in [4.78, 5) is 13.3. The van der Waals surface area contributed by atoms with Crippen molar-refractivity contribution in [1.82, 2.24) is 15.0 Å². The molecule has 3 aromatic carbocycles. The molecule has 6 nitrogen and oxygen atoms in total. The molecule has 2 heterocycles. The molecule has 0 spiro atoms. The summed E-state index contributed by atoms with van der Waals surface area (Å²) < 4.78 is 42.2. The lowest BCUT2D eigenvalue weighted by molar-refractivity contribution is -0.0528. The zero-order valence-electron chi connectivity index (χ0n) is 18.8. The number of hydrogen-bond acceptors (Lipinski definition) is 7. The number of rotatable bonds is 9. The zero-order valence-corrected chi connectivity index (χ0v) is 19.6. The first-order valence-electron chi connectivity index (χ1n) is 10.9. The van der Waals surface area contributed by atoms with Crippen molar-refractivity contribution in [2.24, 2.45) is 0 Å². The van der Waals surface area contributed by atoms with E-state index in [-0.39, 0.29) is 5.88 Å². The molecule has 0 saturated carbocycles. The molecule has 178 valence electrons. The Kier molecular flexibility index (Phi) is 6.78. The van der Waals surface area contributed by atoms with Gasteiger partial charge < -0.3 is 14.2 Å². The quantitative estimate of drug-likeness (QED) is 0.221. The molecule has 0 N–H and O–H groups in total. The molecule has 0 amide bonds. The third-order valence-electron chi connectivity index (χ3n) is 5.18. The Bertz CT molecular complexity index is 1460. The first-order valence-corrected chi connectivity index (χ1v) is 11.7. The molecule has 0 radical (unpaired) electrons. The Labute approximate surface area is 204 Å². The molecular weight excluding hydrogens is 472 g/mol. The summed E-state index contributed by atoms with van der Waals surface area (Å²) in [5.74, 6) is 0.503. The lowest BCUT2D eigenvalue weighted by atomic mass is 10.1. The molecule has 5 rings (SSSR count). The molecule has 0 aliphatic heterocycles. The normalized spacial score (nSPS) is 11.4. The van der Waals surface area contributed by atoms with Crippen LogP contribution in [0.15, 0.2) is 66.9 Å². The maximum atomic E-state index is 12.6. The molecule has 0 bridgehead atoms. The van der Waals surface area contributed by atoms with E-state index in [4.69, 9.17) is 14.5 Å². The second-order valence-electron chi connectivity index (χ2n) is 7.78. The van der Waals surface area contributed by atoms with Gasteiger partial charge in [0.25, 0.3) is 0 Å². The van der Waals surface area contributed by atoms with E-state index in [0.29, 0.717) is 30.9 Å². The lowest BCUT2D eigenvalue weighted by Crippen LogP contribution is -2.06. The molecule has 0 aliphatic rings. The number of fused-ring (bicyclic) bond motifs is 2. The van der Waals surface area contributed by atoms with Crippen LogP contribution in [0, 0.1) is 6.92 Å². The smallest absolute Gasteiger partial charge is 0.388 e. The first kappa shape index (κ1) is 23.1. The number of halogens is 2. The molecule has 2 aromatic heterocycles. The van der Waals surface area contributed by atoms with Gasteiger partial charge in [-0.25, -0.2) is 15.0 Å².